The fourth-order valence-corrected chi connectivity index (χ4v) is 3.73. The maximum absolute atomic E-state index is 12.7. The quantitative estimate of drug-likeness (QED) is 0.554. The molecule has 2 amide bonds. The van der Waals surface area contributed by atoms with Crippen LogP contribution in [0.2, 0.25) is 0 Å². The monoisotopic (exact) mass is 422 g/mol. The maximum Gasteiger partial charge on any atom is 0.323 e. The van der Waals surface area contributed by atoms with Crippen molar-refractivity contribution in [3.63, 3.8) is 0 Å². The van der Waals surface area contributed by atoms with Crippen LogP contribution in [-0.4, -0.2) is 21.6 Å². The highest BCUT2D eigenvalue weighted by Gasteiger charge is 2.17. The van der Waals surface area contributed by atoms with E-state index in [1.54, 1.807) is 42.5 Å². The predicted octanol–water partition coefficient (Wildman–Crippen LogP) is 4.01. The molecule has 0 atom stereocenters. The molecule has 3 rings (SSSR count). The highest BCUT2D eigenvalue weighted by molar-refractivity contribution is 7.92. The minimum Gasteiger partial charge on any atom is -0.495 e. The number of hydrogen-bond donors (Lipinski definition) is 3. The minimum atomic E-state index is -3.92. The molecule has 0 bridgehead atoms. The van der Waals surface area contributed by atoms with Crippen molar-refractivity contribution < 1.29 is 17.9 Å². The van der Waals surface area contributed by atoms with Crippen LogP contribution in [0.25, 0.3) is 0 Å². The van der Waals surface area contributed by atoms with Crippen molar-refractivity contribution >= 4 is 33.1 Å². The van der Waals surface area contributed by atoms with Gasteiger partial charge in [-0.1, -0.05) is 30.3 Å². The molecule has 152 valence electrons. The lowest BCUT2D eigenvalue weighted by Crippen LogP contribution is -2.21. The van der Waals surface area contributed by atoms with Crippen LogP contribution in [0.5, 0.6) is 5.75 Å². The Balaban J connectivity index is 1.87. The Morgan fingerprint density at radius 2 is 1.57 bits per heavy atom. The molecular formula is C21H18N4O4S. The normalized spacial score (nSPS) is 10.5. The number of methoxy groups -OCH3 is 1. The first kappa shape index (κ1) is 20.7. The van der Waals surface area contributed by atoms with E-state index in [2.05, 4.69) is 15.4 Å². The lowest BCUT2D eigenvalue weighted by Gasteiger charge is -2.15. The van der Waals surface area contributed by atoms with Crippen LogP contribution in [0.4, 0.5) is 21.9 Å². The average Bonchev–Trinajstić information content (AvgIpc) is 2.75. The van der Waals surface area contributed by atoms with E-state index in [0.29, 0.717) is 11.4 Å². The second-order valence-corrected chi connectivity index (χ2v) is 7.75. The molecule has 0 fully saturated rings. The zero-order valence-corrected chi connectivity index (χ0v) is 16.7. The Morgan fingerprint density at radius 3 is 2.27 bits per heavy atom. The van der Waals surface area contributed by atoms with E-state index in [4.69, 9.17) is 10.00 Å². The average molecular weight is 422 g/mol. The summed E-state index contributed by atoms with van der Waals surface area (Å²) in [6.45, 7) is 0. The summed E-state index contributed by atoms with van der Waals surface area (Å²) in [4.78, 5) is 12.5. The molecule has 0 aromatic heterocycles. The number of anilines is 3. The number of nitriles is 1. The summed E-state index contributed by atoms with van der Waals surface area (Å²) in [6, 6.07) is 20.2. The van der Waals surface area contributed by atoms with Crippen molar-refractivity contribution in [2.45, 2.75) is 4.90 Å². The number of carbonyl (C=O) groups is 1. The summed E-state index contributed by atoms with van der Waals surface area (Å²) in [5.41, 5.74) is 0.919. The fourth-order valence-electron chi connectivity index (χ4n) is 2.63. The topological polar surface area (TPSA) is 120 Å². The fraction of sp³-hybridized carbons (Fsp3) is 0.0476. The van der Waals surface area contributed by atoms with Gasteiger partial charge in [0.05, 0.1) is 40.7 Å². The molecule has 3 N–H and O–H groups in total. The molecule has 9 heteroatoms. The summed E-state index contributed by atoms with van der Waals surface area (Å²) < 4.78 is 33.0. The van der Waals surface area contributed by atoms with Gasteiger partial charge in [-0.15, -0.1) is 0 Å². The maximum atomic E-state index is 12.7. The molecule has 3 aromatic rings. The second-order valence-electron chi connectivity index (χ2n) is 6.07. The molecule has 0 spiro atoms. The van der Waals surface area contributed by atoms with Crippen molar-refractivity contribution in [3.8, 4) is 11.8 Å². The van der Waals surface area contributed by atoms with Gasteiger partial charge in [0.1, 0.15) is 5.75 Å². The van der Waals surface area contributed by atoms with Gasteiger partial charge >= 0.3 is 6.03 Å². The van der Waals surface area contributed by atoms with E-state index >= 15 is 0 Å². The van der Waals surface area contributed by atoms with E-state index in [1.807, 2.05) is 6.07 Å². The van der Waals surface area contributed by atoms with Crippen LogP contribution in [-0.2, 0) is 10.0 Å². The molecule has 30 heavy (non-hydrogen) atoms. The molecule has 0 aliphatic heterocycles. The van der Waals surface area contributed by atoms with Crippen LogP contribution in [0, 0.1) is 11.3 Å². The van der Waals surface area contributed by atoms with E-state index in [-0.39, 0.29) is 21.8 Å². The first-order valence-electron chi connectivity index (χ1n) is 8.76. The van der Waals surface area contributed by atoms with Crippen molar-refractivity contribution in [2.24, 2.45) is 0 Å². The van der Waals surface area contributed by atoms with Crippen LogP contribution in [0.3, 0.4) is 0 Å². The number of benzene rings is 3. The Morgan fingerprint density at radius 1 is 0.900 bits per heavy atom. The summed E-state index contributed by atoms with van der Waals surface area (Å²) in [5, 5.41) is 14.4. The SMILES string of the molecule is COc1ccccc1NC(=O)Nc1ccc(C#N)cc1NS(=O)(=O)c1ccccc1. The zero-order chi connectivity index (χ0) is 21.6. The van der Waals surface area contributed by atoms with Crippen LogP contribution in [0.15, 0.2) is 77.7 Å². The molecule has 8 nitrogen and oxygen atoms in total. The number of ether oxygens (including phenoxy) is 1. The number of nitrogens with one attached hydrogen (secondary N) is 3. The predicted molar refractivity (Wildman–Crippen MR) is 114 cm³/mol. The number of amides is 2. The van der Waals surface area contributed by atoms with E-state index < -0.39 is 16.1 Å². The lowest BCUT2D eigenvalue weighted by molar-refractivity contribution is 0.262. The zero-order valence-electron chi connectivity index (χ0n) is 15.9. The van der Waals surface area contributed by atoms with Crippen LogP contribution in [0.1, 0.15) is 5.56 Å². The van der Waals surface area contributed by atoms with Gasteiger partial charge in [0.2, 0.25) is 0 Å². The van der Waals surface area contributed by atoms with Gasteiger partial charge in [-0.3, -0.25) is 4.72 Å². The van der Waals surface area contributed by atoms with Gasteiger partial charge in [0.15, 0.2) is 0 Å². The van der Waals surface area contributed by atoms with Gasteiger partial charge in [-0.2, -0.15) is 5.26 Å². The third kappa shape index (κ3) is 4.87. The Bertz CT molecular complexity index is 1210. The minimum absolute atomic E-state index is 0.0526. The molecule has 0 unspecified atom stereocenters. The van der Waals surface area contributed by atoms with E-state index in [0.717, 1.165) is 0 Å². The van der Waals surface area contributed by atoms with Crippen molar-refractivity contribution in [1.29, 1.82) is 5.26 Å². The van der Waals surface area contributed by atoms with Crippen LogP contribution < -0.4 is 20.1 Å². The number of sulfonamides is 1. The highest BCUT2D eigenvalue weighted by Crippen LogP contribution is 2.27. The van der Waals surface area contributed by atoms with Crippen molar-refractivity contribution in [3.05, 3.63) is 78.4 Å². The number of para-hydroxylation sites is 2. The molecule has 0 saturated heterocycles. The number of hydrogen-bond acceptors (Lipinski definition) is 5. The molecule has 0 radical (unpaired) electrons. The van der Waals surface area contributed by atoms with E-state index in [1.165, 1.54) is 37.4 Å². The number of rotatable bonds is 6. The third-order valence-corrected chi connectivity index (χ3v) is 5.43. The Labute approximate surface area is 174 Å². The van der Waals surface area contributed by atoms with Crippen molar-refractivity contribution in [2.75, 3.05) is 22.5 Å². The van der Waals surface area contributed by atoms with Gasteiger partial charge in [-0.05, 0) is 42.5 Å². The molecule has 0 aliphatic rings. The molecule has 0 aliphatic carbocycles. The van der Waals surface area contributed by atoms with Gasteiger partial charge in [-0.25, -0.2) is 13.2 Å². The molecular weight excluding hydrogens is 404 g/mol. The number of carbonyl (C=O) groups excluding carboxylic acids is 1. The Kier molecular flexibility index (Phi) is 6.20. The van der Waals surface area contributed by atoms with Gasteiger partial charge in [0.25, 0.3) is 10.0 Å². The largest absolute Gasteiger partial charge is 0.495 e. The number of nitrogens with zero attached hydrogens (tertiary/aromatic N) is 1. The van der Waals surface area contributed by atoms with Crippen LogP contribution >= 0.6 is 0 Å². The summed E-state index contributed by atoms with van der Waals surface area (Å²) in [7, 11) is -2.44. The molecule has 0 heterocycles. The van der Waals surface area contributed by atoms with Crippen molar-refractivity contribution in [1.82, 2.24) is 0 Å². The van der Waals surface area contributed by atoms with E-state index in [9.17, 15) is 13.2 Å². The first-order valence-corrected chi connectivity index (χ1v) is 10.2. The van der Waals surface area contributed by atoms with Gasteiger partial charge in [0, 0.05) is 0 Å². The standard InChI is InChI=1S/C21H18N4O4S/c1-29-20-10-6-5-9-18(20)24-21(26)23-17-12-11-15(14-22)13-19(17)25-30(27,28)16-7-3-2-4-8-16/h2-13,25H,1H3,(H2,23,24,26). The second kappa shape index (κ2) is 8.98. The molecule has 0 saturated carbocycles. The molecule has 3 aromatic carbocycles. The Hall–Kier alpha value is -4.03. The van der Waals surface area contributed by atoms with Gasteiger partial charge < -0.3 is 15.4 Å². The first-order chi connectivity index (χ1) is 14.4. The summed E-state index contributed by atoms with van der Waals surface area (Å²) in [5.74, 6) is 0.470. The summed E-state index contributed by atoms with van der Waals surface area (Å²) in [6.07, 6.45) is 0. The third-order valence-electron chi connectivity index (χ3n) is 4.05. The smallest absolute Gasteiger partial charge is 0.323 e. The summed E-state index contributed by atoms with van der Waals surface area (Å²) >= 11 is 0. The lowest BCUT2D eigenvalue weighted by atomic mass is 10.2. The highest BCUT2D eigenvalue weighted by atomic mass is 32.2. The number of urea groups is 1.